The molecule has 12 heteroatoms. The van der Waals surface area contributed by atoms with Crippen molar-refractivity contribution in [3.8, 4) is 11.3 Å². The first-order chi connectivity index (χ1) is 15.9. The van der Waals surface area contributed by atoms with E-state index in [1.54, 1.807) is 42.3 Å². The first-order valence-corrected chi connectivity index (χ1v) is 10.9. The number of aromatic nitrogens is 5. The summed E-state index contributed by atoms with van der Waals surface area (Å²) in [5, 5.41) is 16.7. The fourth-order valence-electron chi connectivity index (χ4n) is 3.48. The Morgan fingerprint density at radius 1 is 1.27 bits per heavy atom. The lowest BCUT2D eigenvalue weighted by Gasteiger charge is -2.22. The summed E-state index contributed by atoms with van der Waals surface area (Å²) >= 11 is 5.75. The van der Waals surface area contributed by atoms with E-state index in [2.05, 4.69) is 31.1 Å². The molecule has 1 aliphatic rings. The number of pyridine rings is 1. The van der Waals surface area contributed by atoms with Crippen LogP contribution in [-0.2, 0) is 18.4 Å². The number of amides is 2. The van der Waals surface area contributed by atoms with Crippen molar-refractivity contribution < 1.29 is 14.4 Å². The van der Waals surface area contributed by atoms with E-state index in [4.69, 9.17) is 11.6 Å². The van der Waals surface area contributed by atoms with E-state index in [0.29, 0.717) is 31.1 Å². The molecule has 4 heterocycles. The molecule has 0 radical (unpaired) electrons. The number of nitrogens with zero attached hydrogens (tertiary/aromatic N) is 5. The molecule has 0 saturated carbocycles. The molecule has 3 aromatic heterocycles. The minimum Gasteiger partial charge on any atom is -0.341 e. The van der Waals surface area contributed by atoms with Gasteiger partial charge in [-0.05, 0) is 25.1 Å². The zero-order valence-corrected chi connectivity index (χ0v) is 18.7. The number of ketones is 1. The molecule has 172 valence electrons. The summed E-state index contributed by atoms with van der Waals surface area (Å²) in [4.78, 5) is 42.1. The summed E-state index contributed by atoms with van der Waals surface area (Å²) in [6.07, 6.45) is 5.48. The third-order valence-corrected chi connectivity index (χ3v) is 5.29. The molecule has 2 amide bonds. The van der Waals surface area contributed by atoms with Crippen LogP contribution in [0.25, 0.3) is 11.3 Å². The van der Waals surface area contributed by atoms with Gasteiger partial charge < -0.3 is 16.0 Å². The average molecular weight is 471 g/mol. The molecule has 1 fully saturated rings. The number of carbonyl (C=O) groups is 3. The largest absolute Gasteiger partial charge is 0.341 e. The molecule has 0 aliphatic carbocycles. The lowest BCUT2D eigenvalue weighted by molar-refractivity contribution is -0.121. The molecule has 0 spiro atoms. The van der Waals surface area contributed by atoms with Crippen molar-refractivity contribution >= 4 is 34.9 Å². The molecule has 0 aromatic carbocycles. The summed E-state index contributed by atoms with van der Waals surface area (Å²) in [7, 11) is 1.64. The van der Waals surface area contributed by atoms with E-state index < -0.39 is 17.9 Å². The number of halogens is 1. The maximum Gasteiger partial charge on any atom is 0.274 e. The maximum absolute atomic E-state index is 12.9. The molecule has 4 rings (SSSR count). The Bertz CT molecular complexity index is 1190. The van der Waals surface area contributed by atoms with Gasteiger partial charge in [0.25, 0.3) is 11.8 Å². The Morgan fingerprint density at radius 2 is 2.12 bits per heavy atom. The zero-order chi connectivity index (χ0) is 23.4. The SMILES string of the molecule is Cn1cc(NC(=O)c2cccc(-c3cnn(CCCl)c3)n2)c(C(=O)NC2CCNCC2=O)n1. The summed E-state index contributed by atoms with van der Waals surface area (Å²) in [6.45, 7) is 1.41. The highest BCUT2D eigenvalue weighted by molar-refractivity contribution is 6.17. The van der Waals surface area contributed by atoms with Gasteiger partial charge in [0.15, 0.2) is 11.5 Å². The predicted octanol–water partition coefficient (Wildman–Crippen LogP) is 0.831. The molecule has 3 N–H and O–H groups in total. The lowest BCUT2D eigenvalue weighted by atomic mass is 10.1. The number of hydrogen-bond donors (Lipinski definition) is 3. The minimum atomic E-state index is -0.581. The first-order valence-electron chi connectivity index (χ1n) is 10.4. The normalized spacial score (nSPS) is 15.9. The standard InChI is InChI=1S/C21H23ClN8O3/c1-29-12-17(19(28-29)21(33)26-15-5-7-23-10-18(15)31)27-20(32)16-4-2-3-14(25-16)13-9-24-30(11-13)8-6-22/h2-4,9,11-12,15,23H,5-8,10H2,1H3,(H,26,33)(H,27,32). The predicted molar refractivity (Wildman–Crippen MR) is 121 cm³/mol. The highest BCUT2D eigenvalue weighted by Crippen LogP contribution is 2.19. The third-order valence-electron chi connectivity index (χ3n) is 5.12. The number of alkyl halides is 1. The molecule has 3 aromatic rings. The van der Waals surface area contributed by atoms with E-state index in [-0.39, 0.29) is 29.4 Å². The Labute approximate surface area is 194 Å². The van der Waals surface area contributed by atoms with E-state index in [1.807, 2.05) is 0 Å². The van der Waals surface area contributed by atoms with Gasteiger partial charge in [-0.1, -0.05) is 6.07 Å². The summed E-state index contributed by atoms with van der Waals surface area (Å²) in [6, 6.07) is 4.49. The molecule has 11 nitrogen and oxygen atoms in total. The number of rotatable bonds is 7. The highest BCUT2D eigenvalue weighted by atomic mass is 35.5. The van der Waals surface area contributed by atoms with Gasteiger partial charge in [-0.15, -0.1) is 11.6 Å². The number of aryl methyl sites for hydroxylation is 2. The molecule has 1 aliphatic heterocycles. The number of anilines is 1. The third kappa shape index (κ3) is 5.26. The average Bonchev–Trinajstić information content (AvgIpc) is 3.42. The van der Waals surface area contributed by atoms with E-state index >= 15 is 0 Å². The van der Waals surface area contributed by atoms with Crippen LogP contribution >= 0.6 is 11.6 Å². The molecule has 1 saturated heterocycles. The second-order valence-electron chi connectivity index (χ2n) is 7.57. The molecule has 0 bridgehead atoms. The van der Waals surface area contributed by atoms with Gasteiger partial charge in [0.05, 0.1) is 36.7 Å². The van der Waals surface area contributed by atoms with Crippen molar-refractivity contribution in [2.45, 2.75) is 19.0 Å². The van der Waals surface area contributed by atoms with Gasteiger partial charge in [0.2, 0.25) is 0 Å². The molecular formula is C21H23ClN8O3. The zero-order valence-electron chi connectivity index (χ0n) is 17.9. The number of hydrogen-bond acceptors (Lipinski definition) is 7. The van der Waals surface area contributed by atoms with Gasteiger partial charge in [-0.2, -0.15) is 10.2 Å². The highest BCUT2D eigenvalue weighted by Gasteiger charge is 2.27. The van der Waals surface area contributed by atoms with Crippen molar-refractivity contribution in [3.63, 3.8) is 0 Å². The van der Waals surface area contributed by atoms with Crippen LogP contribution in [0, 0.1) is 0 Å². The molecular weight excluding hydrogens is 448 g/mol. The fraction of sp³-hybridized carbons (Fsp3) is 0.333. The van der Waals surface area contributed by atoms with E-state index in [9.17, 15) is 14.4 Å². The second kappa shape index (κ2) is 9.92. The minimum absolute atomic E-state index is 0.0238. The molecule has 1 atom stereocenters. The van der Waals surface area contributed by atoms with Gasteiger partial charge in [-0.3, -0.25) is 23.7 Å². The van der Waals surface area contributed by atoms with E-state index in [0.717, 1.165) is 5.56 Å². The Morgan fingerprint density at radius 3 is 2.91 bits per heavy atom. The van der Waals surface area contributed by atoms with Crippen molar-refractivity contribution in [1.82, 2.24) is 35.2 Å². The van der Waals surface area contributed by atoms with Crippen molar-refractivity contribution in [2.75, 3.05) is 24.3 Å². The number of nitrogens with one attached hydrogen (secondary N) is 3. The lowest BCUT2D eigenvalue weighted by Crippen LogP contribution is -2.50. The van der Waals surface area contributed by atoms with Gasteiger partial charge in [0.1, 0.15) is 5.69 Å². The van der Waals surface area contributed by atoms with Crippen LogP contribution in [0.1, 0.15) is 27.4 Å². The van der Waals surface area contributed by atoms with Crippen molar-refractivity contribution in [3.05, 3.63) is 48.2 Å². The summed E-state index contributed by atoms with van der Waals surface area (Å²) in [5.41, 5.74) is 1.75. The maximum atomic E-state index is 12.9. The smallest absolute Gasteiger partial charge is 0.274 e. The van der Waals surface area contributed by atoms with Gasteiger partial charge in [-0.25, -0.2) is 4.98 Å². The van der Waals surface area contributed by atoms with Gasteiger partial charge in [0, 0.05) is 30.9 Å². The van der Waals surface area contributed by atoms with Gasteiger partial charge >= 0.3 is 0 Å². The van der Waals surface area contributed by atoms with Crippen LogP contribution in [0.3, 0.4) is 0 Å². The Hall–Kier alpha value is -3.57. The second-order valence-corrected chi connectivity index (χ2v) is 7.94. The fourth-order valence-corrected chi connectivity index (χ4v) is 3.66. The van der Waals surface area contributed by atoms with Crippen LogP contribution in [-0.4, -0.2) is 67.2 Å². The Kier molecular flexibility index (Phi) is 6.80. The number of piperidine rings is 1. The number of carbonyl (C=O) groups excluding carboxylic acids is 3. The number of Topliss-reactive ketones (excluding diaryl/α,β-unsaturated/α-hetero) is 1. The monoisotopic (exact) mass is 470 g/mol. The molecule has 33 heavy (non-hydrogen) atoms. The van der Waals surface area contributed by atoms with Crippen molar-refractivity contribution in [2.24, 2.45) is 7.05 Å². The van der Waals surface area contributed by atoms with Crippen LogP contribution in [0.5, 0.6) is 0 Å². The Balaban J connectivity index is 1.50. The quantitative estimate of drug-likeness (QED) is 0.435. The van der Waals surface area contributed by atoms with E-state index in [1.165, 1.54) is 10.9 Å². The topological polar surface area (TPSA) is 136 Å². The summed E-state index contributed by atoms with van der Waals surface area (Å²) < 4.78 is 3.12. The van der Waals surface area contributed by atoms with Crippen LogP contribution in [0.4, 0.5) is 5.69 Å². The van der Waals surface area contributed by atoms with Crippen LogP contribution < -0.4 is 16.0 Å². The summed E-state index contributed by atoms with van der Waals surface area (Å²) in [5.74, 6) is -0.680. The first kappa shape index (κ1) is 22.6. The molecule has 1 unspecified atom stereocenters. The van der Waals surface area contributed by atoms with Crippen LogP contribution in [0.15, 0.2) is 36.8 Å². The van der Waals surface area contributed by atoms with Crippen molar-refractivity contribution in [1.29, 1.82) is 0 Å². The van der Waals surface area contributed by atoms with Crippen LogP contribution in [0.2, 0.25) is 0 Å².